The lowest BCUT2D eigenvalue weighted by Gasteiger charge is -2.05. The van der Waals surface area contributed by atoms with Crippen LogP contribution in [0, 0.1) is 16.7 Å². The second-order valence-corrected chi connectivity index (χ2v) is 4.33. The molecule has 2 heteroatoms. The molecule has 0 spiro atoms. The summed E-state index contributed by atoms with van der Waals surface area (Å²) in [5.41, 5.74) is 1.65. The van der Waals surface area contributed by atoms with Crippen LogP contribution in [0.15, 0.2) is 40.8 Å². The van der Waals surface area contributed by atoms with Gasteiger partial charge in [0.2, 0.25) is 0 Å². The summed E-state index contributed by atoms with van der Waals surface area (Å²) in [6.07, 6.45) is 8.04. The van der Waals surface area contributed by atoms with E-state index in [0.29, 0.717) is 17.5 Å². The molecular weight excluding hydrogens is 186 g/mol. The Morgan fingerprint density at radius 3 is 2.20 bits per heavy atom. The molecule has 0 aromatic heterocycles. The Hall–Kier alpha value is -1.18. The fourth-order valence-electron chi connectivity index (χ4n) is 1.06. The van der Waals surface area contributed by atoms with Crippen molar-refractivity contribution in [1.82, 2.24) is 0 Å². The molecule has 0 unspecified atom stereocenters. The van der Waals surface area contributed by atoms with E-state index in [9.17, 15) is 4.91 Å². The third-order valence-corrected chi connectivity index (χ3v) is 1.97. The second-order valence-electron chi connectivity index (χ2n) is 4.33. The Kier molecular flexibility index (Phi) is 6.59. The maximum absolute atomic E-state index is 10.3. The van der Waals surface area contributed by atoms with E-state index >= 15 is 0 Å². The Morgan fingerprint density at radius 1 is 1.20 bits per heavy atom. The minimum atomic E-state index is 0.401. The van der Waals surface area contributed by atoms with Crippen molar-refractivity contribution in [3.8, 4) is 0 Å². The molecule has 0 aromatic rings. The minimum Gasteiger partial charge on any atom is -0.145 e. The van der Waals surface area contributed by atoms with Crippen LogP contribution in [0.25, 0.3) is 0 Å². The van der Waals surface area contributed by atoms with Gasteiger partial charge >= 0.3 is 0 Å². The molecule has 0 rings (SSSR count). The van der Waals surface area contributed by atoms with Gasteiger partial charge in [-0.25, -0.2) is 0 Å². The van der Waals surface area contributed by atoms with Crippen LogP contribution < -0.4 is 0 Å². The molecule has 0 aliphatic rings. The van der Waals surface area contributed by atoms with E-state index in [-0.39, 0.29) is 0 Å². The van der Waals surface area contributed by atoms with E-state index in [0.717, 1.165) is 5.57 Å². The first-order valence-electron chi connectivity index (χ1n) is 5.37. The van der Waals surface area contributed by atoms with Gasteiger partial charge in [-0.1, -0.05) is 45.9 Å². The zero-order valence-corrected chi connectivity index (χ0v) is 10.3. The average molecular weight is 207 g/mol. The molecule has 2 nitrogen and oxygen atoms in total. The van der Waals surface area contributed by atoms with E-state index in [1.165, 1.54) is 0 Å². The SMILES string of the molecule is C\C(=C/C(=C\C=C\C(C)C)C(C)C)N=O. The van der Waals surface area contributed by atoms with Gasteiger partial charge in [0.25, 0.3) is 0 Å². The quantitative estimate of drug-likeness (QED) is 0.483. The molecule has 15 heavy (non-hydrogen) atoms. The molecule has 0 radical (unpaired) electrons. The van der Waals surface area contributed by atoms with E-state index in [1.54, 1.807) is 6.92 Å². The van der Waals surface area contributed by atoms with Crippen molar-refractivity contribution in [2.75, 3.05) is 0 Å². The minimum absolute atomic E-state index is 0.401. The summed E-state index contributed by atoms with van der Waals surface area (Å²) in [7, 11) is 0. The number of hydrogen-bond donors (Lipinski definition) is 0. The topological polar surface area (TPSA) is 29.4 Å². The number of rotatable bonds is 5. The van der Waals surface area contributed by atoms with Gasteiger partial charge in [-0.05, 0) is 35.6 Å². The third-order valence-electron chi connectivity index (χ3n) is 1.97. The highest BCUT2D eigenvalue weighted by Crippen LogP contribution is 2.14. The van der Waals surface area contributed by atoms with Crippen LogP contribution in [-0.4, -0.2) is 0 Å². The summed E-state index contributed by atoms with van der Waals surface area (Å²) in [6.45, 7) is 10.2. The maximum atomic E-state index is 10.3. The molecular formula is C13H21NO. The normalized spacial score (nSPS) is 14.3. The van der Waals surface area contributed by atoms with Gasteiger partial charge in [0.15, 0.2) is 0 Å². The Balaban J connectivity index is 4.74. The number of allylic oxidation sites excluding steroid dienone is 6. The highest BCUT2D eigenvalue weighted by Gasteiger charge is 1.99. The summed E-state index contributed by atoms with van der Waals surface area (Å²) in [5.74, 6) is 0.947. The van der Waals surface area contributed by atoms with Gasteiger partial charge in [-0.3, -0.25) is 0 Å². The summed E-state index contributed by atoms with van der Waals surface area (Å²) >= 11 is 0. The molecule has 0 amide bonds. The number of nitroso groups, excluding NO2 is 1. The molecule has 0 bridgehead atoms. The lowest BCUT2D eigenvalue weighted by atomic mass is 10.0. The van der Waals surface area contributed by atoms with Crippen LogP contribution in [0.3, 0.4) is 0 Å². The first-order valence-corrected chi connectivity index (χ1v) is 5.37. The van der Waals surface area contributed by atoms with Crippen LogP contribution >= 0.6 is 0 Å². The smallest absolute Gasteiger partial charge is 0.0820 e. The third kappa shape index (κ3) is 6.83. The lowest BCUT2D eigenvalue weighted by Crippen LogP contribution is -1.91. The van der Waals surface area contributed by atoms with E-state index in [1.807, 2.05) is 18.2 Å². The van der Waals surface area contributed by atoms with Crippen LogP contribution in [0.4, 0.5) is 0 Å². The van der Waals surface area contributed by atoms with Gasteiger partial charge in [0, 0.05) is 0 Å². The van der Waals surface area contributed by atoms with Crippen molar-refractivity contribution < 1.29 is 0 Å². The van der Waals surface area contributed by atoms with Crippen molar-refractivity contribution in [2.24, 2.45) is 17.0 Å². The van der Waals surface area contributed by atoms with Gasteiger partial charge < -0.3 is 0 Å². The highest BCUT2D eigenvalue weighted by molar-refractivity contribution is 5.27. The van der Waals surface area contributed by atoms with Crippen molar-refractivity contribution >= 4 is 0 Å². The molecule has 0 aliphatic heterocycles. The first kappa shape index (κ1) is 13.8. The summed E-state index contributed by atoms with van der Waals surface area (Å²) < 4.78 is 0. The lowest BCUT2D eigenvalue weighted by molar-refractivity contribution is 0.788. The van der Waals surface area contributed by atoms with Gasteiger partial charge in [0.05, 0.1) is 5.70 Å². The monoisotopic (exact) mass is 207 g/mol. The number of hydrogen-bond acceptors (Lipinski definition) is 2. The zero-order valence-electron chi connectivity index (χ0n) is 10.3. The van der Waals surface area contributed by atoms with Gasteiger partial charge in [-0.15, -0.1) is 4.91 Å². The Labute approximate surface area is 92.7 Å². The molecule has 0 heterocycles. The number of nitrogens with zero attached hydrogens (tertiary/aromatic N) is 1. The maximum Gasteiger partial charge on any atom is 0.0820 e. The van der Waals surface area contributed by atoms with Crippen LogP contribution in [0.1, 0.15) is 34.6 Å². The molecule has 0 saturated carbocycles. The first-order chi connectivity index (χ1) is 6.97. The fourth-order valence-corrected chi connectivity index (χ4v) is 1.06. The van der Waals surface area contributed by atoms with Crippen LogP contribution in [-0.2, 0) is 0 Å². The van der Waals surface area contributed by atoms with Crippen molar-refractivity contribution in [3.05, 3.63) is 40.5 Å². The van der Waals surface area contributed by atoms with E-state index in [2.05, 4.69) is 38.9 Å². The second kappa shape index (κ2) is 7.16. The van der Waals surface area contributed by atoms with E-state index < -0.39 is 0 Å². The van der Waals surface area contributed by atoms with Gasteiger partial charge in [-0.2, -0.15) is 0 Å². The Morgan fingerprint density at radius 2 is 1.80 bits per heavy atom. The zero-order chi connectivity index (χ0) is 11.8. The van der Waals surface area contributed by atoms with Crippen LogP contribution in [0.5, 0.6) is 0 Å². The summed E-state index contributed by atoms with van der Waals surface area (Å²) in [4.78, 5) is 10.3. The van der Waals surface area contributed by atoms with Crippen molar-refractivity contribution in [1.29, 1.82) is 0 Å². The predicted molar refractivity (Wildman–Crippen MR) is 66.5 cm³/mol. The molecule has 84 valence electrons. The summed E-state index contributed by atoms with van der Waals surface area (Å²) in [5, 5.41) is 2.90. The fraction of sp³-hybridized carbons (Fsp3) is 0.538. The Bertz CT molecular complexity index is 283. The highest BCUT2D eigenvalue weighted by atomic mass is 16.3. The molecule has 0 aliphatic carbocycles. The molecule has 0 fully saturated rings. The standard InChI is InChI=1S/C13H21NO/c1-10(2)7-6-8-13(11(3)4)9-12(5)14-15/h6-11H,1-5H3/b7-6+,12-9+,13-8+. The average Bonchev–Trinajstić information content (AvgIpc) is 2.15. The molecule has 0 N–H and O–H groups in total. The van der Waals surface area contributed by atoms with E-state index in [4.69, 9.17) is 0 Å². The molecule has 0 saturated heterocycles. The van der Waals surface area contributed by atoms with Crippen LogP contribution in [0.2, 0.25) is 0 Å². The van der Waals surface area contributed by atoms with Gasteiger partial charge in [0.1, 0.15) is 0 Å². The summed E-state index contributed by atoms with van der Waals surface area (Å²) in [6, 6.07) is 0. The molecule has 0 atom stereocenters. The van der Waals surface area contributed by atoms with Crippen molar-refractivity contribution in [2.45, 2.75) is 34.6 Å². The predicted octanol–water partition coefficient (Wildman–Crippen LogP) is 4.45. The van der Waals surface area contributed by atoms with Crippen molar-refractivity contribution in [3.63, 3.8) is 0 Å². The molecule has 0 aromatic carbocycles. The largest absolute Gasteiger partial charge is 0.145 e.